The number of ether oxygens (including phenoxy) is 2. The third-order valence-corrected chi connectivity index (χ3v) is 3.38. The number of hydrogen-bond acceptors (Lipinski definition) is 3. The van der Waals surface area contributed by atoms with E-state index in [9.17, 15) is 4.79 Å². The monoisotopic (exact) mass is 237 g/mol. The first-order valence-electron chi connectivity index (χ1n) is 6.04. The summed E-state index contributed by atoms with van der Waals surface area (Å²) in [6.07, 6.45) is 3.63. The molecule has 0 aromatic rings. The second-order valence-corrected chi connectivity index (χ2v) is 4.44. The second kappa shape index (κ2) is 4.82. The SMILES string of the molecule is CCOC1=C(OC)C=C2C(=O)N(C)CCC2C1. The van der Waals surface area contributed by atoms with Crippen LogP contribution < -0.4 is 0 Å². The van der Waals surface area contributed by atoms with Crippen molar-refractivity contribution in [3.8, 4) is 0 Å². The van der Waals surface area contributed by atoms with Gasteiger partial charge in [0.05, 0.1) is 13.7 Å². The van der Waals surface area contributed by atoms with Gasteiger partial charge in [0.15, 0.2) is 5.76 Å². The molecule has 4 heteroatoms. The van der Waals surface area contributed by atoms with Gasteiger partial charge in [0, 0.05) is 25.6 Å². The topological polar surface area (TPSA) is 38.8 Å². The van der Waals surface area contributed by atoms with Crippen LogP contribution in [-0.4, -0.2) is 38.1 Å². The summed E-state index contributed by atoms with van der Waals surface area (Å²) >= 11 is 0. The molecule has 0 aromatic heterocycles. The Bertz CT molecular complexity index is 384. The predicted molar refractivity (Wildman–Crippen MR) is 64.1 cm³/mol. The quantitative estimate of drug-likeness (QED) is 0.749. The van der Waals surface area contributed by atoms with Crippen molar-refractivity contribution in [1.29, 1.82) is 0 Å². The highest BCUT2D eigenvalue weighted by Crippen LogP contribution is 2.35. The van der Waals surface area contributed by atoms with Gasteiger partial charge in [0.1, 0.15) is 5.76 Å². The smallest absolute Gasteiger partial charge is 0.249 e. The summed E-state index contributed by atoms with van der Waals surface area (Å²) in [5, 5.41) is 0. The van der Waals surface area contributed by atoms with Crippen molar-refractivity contribution in [1.82, 2.24) is 4.90 Å². The Kier molecular flexibility index (Phi) is 3.41. The standard InChI is InChI=1S/C13H19NO3/c1-4-17-12-7-9-5-6-14(2)13(15)10(9)8-11(12)16-3/h8-9H,4-7H2,1-3H3. The molecule has 2 aliphatic rings. The summed E-state index contributed by atoms with van der Waals surface area (Å²) in [6.45, 7) is 3.41. The Morgan fingerprint density at radius 1 is 1.53 bits per heavy atom. The molecule has 1 aliphatic heterocycles. The van der Waals surface area contributed by atoms with Crippen LogP contribution in [0.5, 0.6) is 0 Å². The van der Waals surface area contributed by atoms with Gasteiger partial charge in [-0.1, -0.05) is 0 Å². The van der Waals surface area contributed by atoms with E-state index in [1.807, 2.05) is 20.0 Å². The lowest BCUT2D eigenvalue weighted by atomic mass is 9.83. The van der Waals surface area contributed by atoms with Crippen molar-refractivity contribution < 1.29 is 14.3 Å². The van der Waals surface area contributed by atoms with Gasteiger partial charge in [-0.3, -0.25) is 4.79 Å². The van der Waals surface area contributed by atoms with E-state index < -0.39 is 0 Å². The molecule has 1 amide bonds. The minimum Gasteiger partial charge on any atom is -0.494 e. The molecule has 1 saturated heterocycles. The number of likely N-dealkylation sites (N-methyl/N-ethyl adjacent to an activating group) is 1. The molecular weight excluding hydrogens is 218 g/mol. The molecule has 1 heterocycles. The molecular formula is C13H19NO3. The van der Waals surface area contributed by atoms with Gasteiger partial charge in [0.2, 0.25) is 5.91 Å². The van der Waals surface area contributed by atoms with Crippen molar-refractivity contribution in [2.24, 2.45) is 5.92 Å². The normalized spacial score (nSPS) is 24.4. The molecule has 1 aliphatic carbocycles. The third-order valence-electron chi connectivity index (χ3n) is 3.38. The predicted octanol–water partition coefficient (Wildman–Crippen LogP) is 1.69. The maximum Gasteiger partial charge on any atom is 0.249 e. The number of piperidine rings is 1. The summed E-state index contributed by atoms with van der Waals surface area (Å²) in [5.74, 6) is 1.98. The highest BCUT2D eigenvalue weighted by molar-refractivity contribution is 5.95. The fraction of sp³-hybridized carbons (Fsp3) is 0.615. The first-order chi connectivity index (χ1) is 8.17. The second-order valence-electron chi connectivity index (χ2n) is 4.44. The molecule has 0 N–H and O–H groups in total. The van der Waals surface area contributed by atoms with Crippen LogP contribution in [0.15, 0.2) is 23.2 Å². The summed E-state index contributed by atoms with van der Waals surface area (Å²) in [6, 6.07) is 0. The molecule has 2 rings (SSSR count). The molecule has 1 unspecified atom stereocenters. The van der Waals surface area contributed by atoms with Gasteiger partial charge in [-0.15, -0.1) is 0 Å². The van der Waals surface area contributed by atoms with Gasteiger partial charge in [-0.05, 0) is 25.3 Å². The Labute approximate surface area is 102 Å². The van der Waals surface area contributed by atoms with Crippen molar-refractivity contribution in [2.45, 2.75) is 19.8 Å². The number of carbonyl (C=O) groups excluding carboxylic acids is 1. The molecule has 17 heavy (non-hydrogen) atoms. The lowest BCUT2D eigenvalue weighted by Gasteiger charge is -2.34. The molecule has 0 aromatic carbocycles. The summed E-state index contributed by atoms with van der Waals surface area (Å²) < 4.78 is 10.9. The fourth-order valence-corrected chi connectivity index (χ4v) is 2.42. The molecule has 4 nitrogen and oxygen atoms in total. The van der Waals surface area contributed by atoms with Crippen LogP contribution in [-0.2, 0) is 14.3 Å². The van der Waals surface area contributed by atoms with E-state index in [2.05, 4.69) is 0 Å². The number of methoxy groups -OCH3 is 1. The van der Waals surface area contributed by atoms with E-state index in [1.54, 1.807) is 12.0 Å². The van der Waals surface area contributed by atoms with Gasteiger partial charge in [-0.2, -0.15) is 0 Å². The van der Waals surface area contributed by atoms with Crippen LogP contribution in [0.3, 0.4) is 0 Å². The van der Waals surface area contributed by atoms with Crippen molar-refractivity contribution in [2.75, 3.05) is 27.3 Å². The van der Waals surface area contributed by atoms with Crippen LogP contribution in [0.25, 0.3) is 0 Å². The highest BCUT2D eigenvalue weighted by atomic mass is 16.5. The number of fused-ring (bicyclic) bond motifs is 1. The average Bonchev–Trinajstić information content (AvgIpc) is 2.34. The molecule has 1 atom stereocenters. The molecule has 0 radical (unpaired) electrons. The van der Waals surface area contributed by atoms with Crippen LogP contribution in [0, 0.1) is 5.92 Å². The van der Waals surface area contributed by atoms with Crippen molar-refractivity contribution in [3.63, 3.8) is 0 Å². The Morgan fingerprint density at radius 2 is 2.29 bits per heavy atom. The van der Waals surface area contributed by atoms with E-state index in [0.717, 1.165) is 30.7 Å². The molecule has 0 spiro atoms. The fourth-order valence-electron chi connectivity index (χ4n) is 2.42. The Hall–Kier alpha value is -1.45. The van der Waals surface area contributed by atoms with Crippen LogP contribution >= 0.6 is 0 Å². The van der Waals surface area contributed by atoms with Crippen LogP contribution in [0.2, 0.25) is 0 Å². The van der Waals surface area contributed by atoms with Crippen molar-refractivity contribution >= 4 is 5.91 Å². The van der Waals surface area contributed by atoms with Crippen LogP contribution in [0.4, 0.5) is 0 Å². The van der Waals surface area contributed by atoms with Crippen molar-refractivity contribution in [3.05, 3.63) is 23.2 Å². The zero-order chi connectivity index (χ0) is 12.4. The number of allylic oxidation sites excluding steroid dienone is 2. The number of hydrogen-bond donors (Lipinski definition) is 0. The first-order valence-corrected chi connectivity index (χ1v) is 6.04. The first kappa shape index (κ1) is 12.0. The maximum absolute atomic E-state index is 12.0. The van der Waals surface area contributed by atoms with Gasteiger partial charge < -0.3 is 14.4 Å². The van der Waals surface area contributed by atoms with E-state index >= 15 is 0 Å². The average molecular weight is 237 g/mol. The number of rotatable bonds is 3. The van der Waals surface area contributed by atoms with E-state index in [4.69, 9.17) is 9.47 Å². The van der Waals surface area contributed by atoms with E-state index in [-0.39, 0.29) is 5.91 Å². The summed E-state index contributed by atoms with van der Waals surface area (Å²) in [7, 11) is 3.45. The van der Waals surface area contributed by atoms with E-state index in [0.29, 0.717) is 18.3 Å². The largest absolute Gasteiger partial charge is 0.494 e. The van der Waals surface area contributed by atoms with Crippen LogP contribution in [0.1, 0.15) is 19.8 Å². The molecule has 1 fully saturated rings. The summed E-state index contributed by atoms with van der Waals surface area (Å²) in [4.78, 5) is 13.8. The highest BCUT2D eigenvalue weighted by Gasteiger charge is 2.34. The number of nitrogens with zero attached hydrogens (tertiary/aromatic N) is 1. The number of amides is 1. The zero-order valence-corrected chi connectivity index (χ0v) is 10.7. The third kappa shape index (κ3) is 2.16. The zero-order valence-electron chi connectivity index (χ0n) is 10.7. The minimum atomic E-state index is 0.117. The number of carbonyl (C=O) groups is 1. The summed E-state index contributed by atoms with van der Waals surface area (Å²) in [5.41, 5.74) is 0.860. The number of likely N-dealkylation sites (tertiary alicyclic amines) is 1. The minimum absolute atomic E-state index is 0.117. The van der Waals surface area contributed by atoms with E-state index in [1.165, 1.54) is 0 Å². The molecule has 94 valence electrons. The van der Waals surface area contributed by atoms with Gasteiger partial charge in [0.25, 0.3) is 0 Å². The lowest BCUT2D eigenvalue weighted by molar-refractivity contribution is -0.128. The Balaban J connectivity index is 2.30. The van der Waals surface area contributed by atoms with Gasteiger partial charge >= 0.3 is 0 Å². The van der Waals surface area contributed by atoms with Gasteiger partial charge in [-0.25, -0.2) is 0 Å². The maximum atomic E-state index is 12.0. The molecule has 0 saturated carbocycles. The lowest BCUT2D eigenvalue weighted by Crippen LogP contribution is -2.39. The molecule has 0 bridgehead atoms. The Morgan fingerprint density at radius 3 is 2.94 bits per heavy atom.